The highest BCUT2D eigenvalue weighted by molar-refractivity contribution is 5.82. The van der Waals surface area contributed by atoms with Crippen molar-refractivity contribution in [2.45, 2.75) is 25.3 Å². The largest absolute Gasteiger partial charge is 0.492 e. The molecule has 0 amide bonds. The molecule has 8 nitrogen and oxygen atoms in total. The Morgan fingerprint density at radius 3 is 2.79 bits per heavy atom. The minimum atomic E-state index is 0.588. The number of aromatic nitrogens is 5. The molecule has 1 aliphatic rings. The maximum absolute atomic E-state index is 5.80. The summed E-state index contributed by atoms with van der Waals surface area (Å²) in [6.45, 7) is 1.56. The van der Waals surface area contributed by atoms with Crippen LogP contribution in [0.2, 0.25) is 0 Å². The van der Waals surface area contributed by atoms with Crippen molar-refractivity contribution in [1.29, 1.82) is 0 Å². The lowest BCUT2D eigenvalue weighted by molar-refractivity contribution is 0.276. The molecule has 5 rings (SSSR count). The van der Waals surface area contributed by atoms with Crippen LogP contribution < -0.4 is 15.4 Å². The highest BCUT2D eigenvalue weighted by atomic mass is 16.5. The van der Waals surface area contributed by atoms with Crippen molar-refractivity contribution in [3.8, 4) is 17.1 Å². The molecule has 2 aromatic heterocycles. The summed E-state index contributed by atoms with van der Waals surface area (Å²) in [5.74, 6) is 2.15. The third-order valence-corrected chi connectivity index (χ3v) is 5.23. The second-order valence-electron chi connectivity index (χ2n) is 7.27. The van der Waals surface area contributed by atoms with Crippen molar-refractivity contribution < 1.29 is 4.74 Å². The van der Waals surface area contributed by atoms with E-state index in [9.17, 15) is 0 Å². The van der Waals surface area contributed by atoms with Crippen LogP contribution >= 0.6 is 0 Å². The topological polar surface area (TPSA) is 104 Å². The van der Waals surface area contributed by atoms with Crippen molar-refractivity contribution >= 4 is 22.5 Å². The van der Waals surface area contributed by atoms with E-state index >= 15 is 0 Å². The molecule has 0 atom stereocenters. The Morgan fingerprint density at radius 1 is 1.07 bits per heavy atom. The molecule has 2 aromatic carbocycles. The lowest BCUT2D eigenvalue weighted by atomic mass is 9.93. The molecular formula is C21H23N7O. The summed E-state index contributed by atoms with van der Waals surface area (Å²) < 4.78 is 5.80. The van der Waals surface area contributed by atoms with Gasteiger partial charge in [-0.15, -0.1) is 10.2 Å². The van der Waals surface area contributed by atoms with Crippen LogP contribution in [0.5, 0.6) is 5.75 Å². The van der Waals surface area contributed by atoms with E-state index in [4.69, 9.17) is 4.74 Å². The number of fused-ring (bicyclic) bond motifs is 1. The van der Waals surface area contributed by atoms with Crippen LogP contribution in [-0.4, -0.2) is 44.6 Å². The Morgan fingerprint density at radius 2 is 1.97 bits per heavy atom. The van der Waals surface area contributed by atoms with E-state index < -0.39 is 0 Å². The second kappa shape index (κ2) is 7.92. The molecule has 8 heteroatoms. The molecule has 148 valence electrons. The van der Waals surface area contributed by atoms with Gasteiger partial charge in [-0.25, -0.2) is 0 Å². The van der Waals surface area contributed by atoms with Crippen molar-refractivity contribution in [3.05, 3.63) is 48.7 Å². The van der Waals surface area contributed by atoms with Gasteiger partial charge in [-0.3, -0.25) is 5.10 Å². The summed E-state index contributed by atoms with van der Waals surface area (Å²) in [6.07, 6.45) is 5.72. The van der Waals surface area contributed by atoms with E-state index in [0.29, 0.717) is 24.4 Å². The summed E-state index contributed by atoms with van der Waals surface area (Å²) in [5, 5.41) is 23.2. The first-order chi connectivity index (χ1) is 14.3. The van der Waals surface area contributed by atoms with Gasteiger partial charge in [0.1, 0.15) is 12.4 Å². The monoisotopic (exact) mass is 389 g/mol. The first-order valence-electron chi connectivity index (χ1n) is 9.93. The van der Waals surface area contributed by atoms with Crippen molar-refractivity contribution in [3.63, 3.8) is 0 Å². The Balaban J connectivity index is 1.18. The number of anilines is 2. The highest BCUT2D eigenvalue weighted by Gasteiger charge is 2.15. The van der Waals surface area contributed by atoms with Gasteiger partial charge in [0.15, 0.2) is 5.82 Å². The maximum Gasteiger partial charge on any atom is 0.226 e. The molecule has 4 N–H and O–H groups in total. The number of nitrogens with zero attached hydrogens (tertiary/aromatic N) is 3. The number of ether oxygens (including phenoxy) is 1. The number of nitrogens with one attached hydrogen (secondary N) is 4. The molecule has 0 spiro atoms. The van der Waals surface area contributed by atoms with E-state index in [1.165, 1.54) is 19.3 Å². The predicted molar refractivity (Wildman–Crippen MR) is 112 cm³/mol. The summed E-state index contributed by atoms with van der Waals surface area (Å²) in [5.41, 5.74) is 2.87. The van der Waals surface area contributed by atoms with Gasteiger partial charge in [0.25, 0.3) is 0 Å². The zero-order chi connectivity index (χ0) is 19.5. The quantitative estimate of drug-likeness (QED) is 0.343. The van der Waals surface area contributed by atoms with Crippen LogP contribution in [-0.2, 0) is 0 Å². The second-order valence-corrected chi connectivity index (χ2v) is 7.27. The summed E-state index contributed by atoms with van der Waals surface area (Å²) >= 11 is 0. The Bertz CT molecular complexity index is 1080. The number of benzene rings is 2. The first-order valence-corrected chi connectivity index (χ1v) is 9.93. The van der Waals surface area contributed by atoms with Crippen LogP contribution in [0.4, 0.5) is 11.6 Å². The molecule has 4 aromatic rings. The van der Waals surface area contributed by atoms with E-state index in [-0.39, 0.29) is 0 Å². The molecule has 29 heavy (non-hydrogen) atoms. The fourth-order valence-electron chi connectivity index (χ4n) is 3.36. The van der Waals surface area contributed by atoms with Gasteiger partial charge in [0, 0.05) is 29.2 Å². The minimum Gasteiger partial charge on any atom is -0.492 e. The first kappa shape index (κ1) is 17.7. The molecule has 0 aliphatic heterocycles. The average Bonchev–Trinajstić information content (AvgIpc) is 3.36. The molecule has 2 heterocycles. The Kier molecular flexibility index (Phi) is 4.83. The van der Waals surface area contributed by atoms with Crippen LogP contribution in [0, 0.1) is 0 Å². The minimum absolute atomic E-state index is 0.588. The molecular weight excluding hydrogens is 366 g/mol. The molecule has 0 unspecified atom stereocenters. The van der Waals surface area contributed by atoms with Crippen LogP contribution in [0.3, 0.4) is 0 Å². The average molecular weight is 389 g/mol. The number of rotatable bonds is 8. The zero-order valence-electron chi connectivity index (χ0n) is 16.0. The predicted octanol–water partition coefficient (Wildman–Crippen LogP) is 3.61. The summed E-state index contributed by atoms with van der Waals surface area (Å²) in [7, 11) is 0. The van der Waals surface area contributed by atoms with Gasteiger partial charge >= 0.3 is 0 Å². The molecule has 1 saturated carbocycles. The third kappa shape index (κ3) is 4.07. The lowest BCUT2D eigenvalue weighted by Crippen LogP contribution is -2.37. The third-order valence-electron chi connectivity index (χ3n) is 5.23. The number of hydrogen-bond acceptors (Lipinski definition) is 6. The van der Waals surface area contributed by atoms with Crippen LogP contribution in [0.1, 0.15) is 19.3 Å². The van der Waals surface area contributed by atoms with Gasteiger partial charge < -0.3 is 20.4 Å². The SMILES string of the molecule is c1cc2[nH]ncc2cc1Nc1nnc(-c2ccc(OCCNC3CCC3)cc2)[nH]1. The lowest BCUT2D eigenvalue weighted by Gasteiger charge is -2.26. The Hall–Kier alpha value is -3.39. The van der Waals surface area contributed by atoms with Crippen molar-refractivity contribution in [1.82, 2.24) is 30.7 Å². The molecule has 0 bridgehead atoms. The molecule has 0 saturated heterocycles. The molecule has 0 radical (unpaired) electrons. The maximum atomic E-state index is 5.80. The van der Waals surface area contributed by atoms with Gasteiger partial charge in [-0.05, 0) is 55.3 Å². The van der Waals surface area contributed by atoms with Crippen molar-refractivity contribution in [2.75, 3.05) is 18.5 Å². The summed E-state index contributed by atoms with van der Waals surface area (Å²) in [4.78, 5) is 3.21. The van der Waals surface area contributed by atoms with Crippen LogP contribution in [0.15, 0.2) is 48.7 Å². The normalized spacial score (nSPS) is 14.1. The van der Waals surface area contributed by atoms with E-state index in [1.54, 1.807) is 6.20 Å². The van der Waals surface area contributed by atoms with Gasteiger partial charge in [-0.1, -0.05) is 6.42 Å². The summed E-state index contributed by atoms with van der Waals surface area (Å²) in [6, 6.07) is 14.5. The van der Waals surface area contributed by atoms with Gasteiger partial charge in [0.2, 0.25) is 5.95 Å². The Labute approximate surface area is 168 Å². The number of hydrogen-bond donors (Lipinski definition) is 4. The standard InChI is InChI=1S/C21H23N7O/c1-2-16(3-1)22-10-11-29-18-7-4-14(5-8-18)20-25-21(28-27-20)24-17-6-9-19-15(12-17)13-23-26-19/h4-9,12-13,16,22H,1-3,10-11H2,(H,23,26)(H2,24,25,27,28). The number of aromatic amines is 2. The van der Waals surface area contributed by atoms with Crippen LogP contribution in [0.25, 0.3) is 22.3 Å². The fourth-order valence-corrected chi connectivity index (χ4v) is 3.36. The smallest absolute Gasteiger partial charge is 0.226 e. The highest BCUT2D eigenvalue weighted by Crippen LogP contribution is 2.23. The zero-order valence-corrected chi connectivity index (χ0v) is 16.0. The van der Waals surface area contributed by atoms with E-state index in [0.717, 1.165) is 34.4 Å². The molecule has 1 fully saturated rings. The van der Waals surface area contributed by atoms with E-state index in [2.05, 4.69) is 36.0 Å². The van der Waals surface area contributed by atoms with Crippen molar-refractivity contribution in [2.24, 2.45) is 0 Å². The fraction of sp³-hybridized carbons (Fsp3) is 0.286. The molecule has 1 aliphatic carbocycles. The van der Waals surface area contributed by atoms with E-state index in [1.807, 2.05) is 42.5 Å². The van der Waals surface area contributed by atoms with Gasteiger partial charge in [-0.2, -0.15) is 5.10 Å². The number of H-pyrrole nitrogens is 2. The van der Waals surface area contributed by atoms with Gasteiger partial charge in [0.05, 0.1) is 11.7 Å².